The summed E-state index contributed by atoms with van der Waals surface area (Å²) in [7, 11) is 0. The zero-order valence-corrected chi connectivity index (χ0v) is 20.5. The maximum absolute atomic E-state index is 12.8. The third kappa shape index (κ3) is 5.43. The van der Waals surface area contributed by atoms with Crippen LogP contribution < -0.4 is 5.32 Å². The van der Waals surface area contributed by atoms with Crippen molar-refractivity contribution in [3.05, 3.63) is 105 Å². The second kappa shape index (κ2) is 10.0. The molecule has 1 heterocycles. The first kappa shape index (κ1) is 23.4. The van der Waals surface area contributed by atoms with Crippen LogP contribution in [0.1, 0.15) is 56.5 Å². The van der Waals surface area contributed by atoms with Gasteiger partial charge in [-0.05, 0) is 67.3 Å². The van der Waals surface area contributed by atoms with Crippen LogP contribution in [0.2, 0.25) is 5.02 Å². The van der Waals surface area contributed by atoms with Gasteiger partial charge in [-0.3, -0.25) is 9.59 Å². The summed E-state index contributed by atoms with van der Waals surface area (Å²) in [4.78, 5) is 27.2. The van der Waals surface area contributed by atoms with Gasteiger partial charge in [0.2, 0.25) is 5.91 Å². The fraction of sp³-hybridized carbons (Fsp3) is 0.259. The van der Waals surface area contributed by atoms with Crippen LogP contribution in [0.5, 0.6) is 0 Å². The molecule has 1 saturated heterocycles. The molecule has 1 aliphatic heterocycles. The molecule has 0 unspecified atom stereocenters. The van der Waals surface area contributed by atoms with E-state index in [-0.39, 0.29) is 23.2 Å². The van der Waals surface area contributed by atoms with E-state index in [1.807, 2.05) is 60.4 Å². The van der Waals surface area contributed by atoms with E-state index < -0.39 is 0 Å². The molecule has 0 radical (unpaired) electrons. The van der Waals surface area contributed by atoms with E-state index in [2.05, 4.69) is 37.4 Å². The van der Waals surface area contributed by atoms with Crippen LogP contribution in [0.3, 0.4) is 0 Å². The quantitative estimate of drug-likeness (QED) is 0.457. The Morgan fingerprint density at radius 1 is 1.09 bits per heavy atom. The Morgan fingerprint density at radius 2 is 1.79 bits per heavy atom. The van der Waals surface area contributed by atoms with E-state index in [1.54, 1.807) is 11.8 Å². The summed E-state index contributed by atoms with van der Waals surface area (Å²) in [5.74, 6) is 0.458. The van der Waals surface area contributed by atoms with E-state index in [4.69, 9.17) is 11.6 Å². The predicted molar refractivity (Wildman–Crippen MR) is 135 cm³/mol. The molecule has 6 heteroatoms. The maximum atomic E-state index is 12.8. The molecule has 0 spiro atoms. The third-order valence-corrected chi connectivity index (χ3v) is 7.44. The second-order valence-corrected chi connectivity index (χ2v) is 9.99. The van der Waals surface area contributed by atoms with Crippen molar-refractivity contribution in [2.45, 2.75) is 38.7 Å². The lowest BCUT2D eigenvalue weighted by Crippen LogP contribution is -2.28. The van der Waals surface area contributed by atoms with Crippen molar-refractivity contribution in [3.8, 4) is 0 Å². The lowest BCUT2D eigenvalue weighted by Gasteiger charge is -2.24. The second-order valence-electron chi connectivity index (χ2n) is 8.49. The number of carbonyl (C=O) groups excluding carboxylic acids is 2. The van der Waals surface area contributed by atoms with Gasteiger partial charge in [0, 0.05) is 17.1 Å². The standard InChI is InChI=1S/C27H27ClN2O2S/c1-17-4-13-24(18(2)14-17)19(3)29-26(32)21-7-9-22(10-8-21)27-30(25(31)16-33-27)15-20-5-11-23(28)12-6-20/h4-14,19,27H,15-16H2,1-3H3,(H,29,32)/t19-,27+/m1/s1. The van der Waals surface area contributed by atoms with Crippen molar-refractivity contribution in [1.29, 1.82) is 0 Å². The largest absolute Gasteiger partial charge is 0.346 e. The summed E-state index contributed by atoms with van der Waals surface area (Å²) in [6.07, 6.45) is 0. The first-order valence-electron chi connectivity index (χ1n) is 11.0. The highest BCUT2D eigenvalue weighted by molar-refractivity contribution is 8.00. The Balaban J connectivity index is 1.44. The van der Waals surface area contributed by atoms with E-state index >= 15 is 0 Å². The van der Waals surface area contributed by atoms with E-state index in [0.717, 1.165) is 16.7 Å². The first-order valence-corrected chi connectivity index (χ1v) is 12.4. The lowest BCUT2D eigenvalue weighted by atomic mass is 10.00. The van der Waals surface area contributed by atoms with Crippen molar-refractivity contribution >= 4 is 35.2 Å². The normalized spacial score (nSPS) is 16.7. The van der Waals surface area contributed by atoms with Gasteiger partial charge < -0.3 is 10.2 Å². The molecule has 170 valence electrons. The minimum absolute atomic E-state index is 0.0700. The summed E-state index contributed by atoms with van der Waals surface area (Å²) in [6, 6.07) is 21.3. The van der Waals surface area contributed by atoms with Gasteiger partial charge in [0.1, 0.15) is 5.37 Å². The predicted octanol–water partition coefficient (Wildman–Crippen LogP) is 6.22. The van der Waals surface area contributed by atoms with Crippen LogP contribution in [-0.2, 0) is 11.3 Å². The van der Waals surface area contributed by atoms with Gasteiger partial charge >= 0.3 is 0 Å². The molecular weight excluding hydrogens is 452 g/mol. The average Bonchev–Trinajstić information content (AvgIpc) is 3.15. The van der Waals surface area contributed by atoms with Gasteiger partial charge in [0.05, 0.1) is 11.8 Å². The number of thioether (sulfide) groups is 1. The summed E-state index contributed by atoms with van der Waals surface area (Å²) >= 11 is 7.59. The van der Waals surface area contributed by atoms with Crippen molar-refractivity contribution < 1.29 is 9.59 Å². The summed E-state index contributed by atoms with van der Waals surface area (Å²) in [6.45, 7) is 6.66. The molecule has 2 atom stereocenters. The van der Waals surface area contributed by atoms with Crippen LogP contribution in [0, 0.1) is 13.8 Å². The Hall–Kier alpha value is -2.76. The number of hydrogen-bond acceptors (Lipinski definition) is 3. The zero-order chi connectivity index (χ0) is 23.5. The first-order chi connectivity index (χ1) is 15.8. The van der Waals surface area contributed by atoms with Crippen LogP contribution in [-0.4, -0.2) is 22.5 Å². The summed E-state index contributed by atoms with van der Waals surface area (Å²) < 4.78 is 0. The summed E-state index contributed by atoms with van der Waals surface area (Å²) in [5, 5.41) is 3.70. The monoisotopic (exact) mass is 478 g/mol. The molecule has 4 rings (SSSR count). The van der Waals surface area contributed by atoms with Gasteiger partial charge in [0.15, 0.2) is 0 Å². The fourth-order valence-corrected chi connectivity index (χ4v) is 5.47. The van der Waals surface area contributed by atoms with Crippen LogP contribution >= 0.6 is 23.4 Å². The number of carbonyl (C=O) groups is 2. The van der Waals surface area contributed by atoms with Crippen molar-refractivity contribution in [2.75, 3.05) is 5.75 Å². The van der Waals surface area contributed by atoms with Crippen LogP contribution in [0.15, 0.2) is 66.7 Å². The van der Waals surface area contributed by atoms with E-state index in [0.29, 0.717) is 22.9 Å². The van der Waals surface area contributed by atoms with Gasteiger partial charge in [-0.1, -0.05) is 59.6 Å². The third-order valence-electron chi connectivity index (χ3n) is 5.93. The zero-order valence-electron chi connectivity index (χ0n) is 19.0. The number of rotatable bonds is 6. The fourth-order valence-electron chi connectivity index (χ4n) is 4.16. The average molecular weight is 479 g/mol. The van der Waals surface area contributed by atoms with Gasteiger partial charge in [-0.2, -0.15) is 0 Å². The number of nitrogens with one attached hydrogen (secondary N) is 1. The molecule has 0 saturated carbocycles. The summed E-state index contributed by atoms with van der Waals surface area (Å²) in [5.41, 5.74) is 6.15. The molecule has 4 nitrogen and oxygen atoms in total. The number of benzene rings is 3. The van der Waals surface area contributed by atoms with Crippen LogP contribution in [0.25, 0.3) is 0 Å². The number of aryl methyl sites for hydroxylation is 2. The van der Waals surface area contributed by atoms with Gasteiger partial charge in [-0.25, -0.2) is 0 Å². The van der Waals surface area contributed by atoms with E-state index in [1.165, 1.54) is 11.1 Å². The molecular formula is C27H27ClN2O2S. The molecule has 0 aromatic heterocycles. The number of hydrogen-bond donors (Lipinski definition) is 1. The molecule has 3 aromatic carbocycles. The molecule has 3 aromatic rings. The SMILES string of the molecule is Cc1ccc([C@@H](C)NC(=O)c2ccc([C@@H]3SCC(=O)N3Cc3ccc(Cl)cc3)cc2)c(C)c1. The lowest BCUT2D eigenvalue weighted by molar-refractivity contribution is -0.128. The number of halogens is 1. The van der Waals surface area contributed by atoms with Gasteiger partial charge in [0.25, 0.3) is 5.91 Å². The highest BCUT2D eigenvalue weighted by atomic mass is 35.5. The minimum atomic E-state index is -0.109. The Bertz CT molecular complexity index is 1160. The van der Waals surface area contributed by atoms with Crippen molar-refractivity contribution in [1.82, 2.24) is 10.2 Å². The molecule has 0 bridgehead atoms. The molecule has 1 N–H and O–H groups in total. The number of amides is 2. The smallest absolute Gasteiger partial charge is 0.251 e. The maximum Gasteiger partial charge on any atom is 0.251 e. The van der Waals surface area contributed by atoms with Crippen molar-refractivity contribution in [3.63, 3.8) is 0 Å². The Kier molecular flexibility index (Phi) is 7.11. The Labute approximate surface area is 204 Å². The van der Waals surface area contributed by atoms with Crippen molar-refractivity contribution in [2.24, 2.45) is 0 Å². The highest BCUT2D eigenvalue weighted by Gasteiger charge is 2.32. The molecule has 0 aliphatic carbocycles. The minimum Gasteiger partial charge on any atom is -0.346 e. The topological polar surface area (TPSA) is 49.4 Å². The molecule has 1 fully saturated rings. The molecule has 2 amide bonds. The molecule has 33 heavy (non-hydrogen) atoms. The highest BCUT2D eigenvalue weighted by Crippen LogP contribution is 2.39. The Morgan fingerprint density at radius 3 is 2.45 bits per heavy atom. The number of nitrogens with zero attached hydrogens (tertiary/aromatic N) is 1. The molecule has 1 aliphatic rings. The van der Waals surface area contributed by atoms with E-state index in [9.17, 15) is 9.59 Å². The van der Waals surface area contributed by atoms with Crippen LogP contribution in [0.4, 0.5) is 0 Å². The van der Waals surface area contributed by atoms with Gasteiger partial charge in [-0.15, -0.1) is 11.8 Å².